The number of nitrogens with two attached hydrogens (primary N) is 1. The van der Waals surface area contributed by atoms with Crippen LogP contribution in [0.2, 0.25) is 0 Å². The second-order valence-electron chi connectivity index (χ2n) is 3.22. The van der Waals surface area contributed by atoms with Gasteiger partial charge in [0.1, 0.15) is 4.60 Å². The summed E-state index contributed by atoms with van der Waals surface area (Å²) in [7, 11) is 1.64. The Labute approximate surface area is 86.4 Å². The zero-order chi connectivity index (χ0) is 9.90. The lowest BCUT2D eigenvalue weighted by Gasteiger charge is -2.23. The van der Waals surface area contributed by atoms with Crippen LogP contribution in [0.25, 0.3) is 0 Å². The maximum atomic E-state index is 6.02. The first-order valence-electron chi connectivity index (χ1n) is 3.96. The molecule has 0 aliphatic carbocycles. The molecule has 4 heteroatoms. The monoisotopic (exact) mass is 244 g/mol. The average Bonchev–Trinajstić information content (AvgIpc) is 2.05. The Balaban J connectivity index is 2.87. The van der Waals surface area contributed by atoms with Crippen molar-refractivity contribution in [2.75, 3.05) is 13.7 Å². The zero-order valence-corrected chi connectivity index (χ0v) is 9.34. The number of methoxy groups -OCH3 is 1. The van der Waals surface area contributed by atoms with Gasteiger partial charge in [0, 0.05) is 13.3 Å². The molecule has 1 rings (SSSR count). The number of pyridine rings is 1. The van der Waals surface area contributed by atoms with E-state index in [2.05, 4.69) is 20.9 Å². The van der Waals surface area contributed by atoms with E-state index in [4.69, 9.17) is 10.5 Å². The van der Waals surface area contributed by atoms with Crippen molar-refractivity contribution in [3.8, 4) is 0 Å². The molecule has 0 bridgehead atoms. The minimum absolute atomic E-state index is 0.470. The molecule has 0 aliphatic rings. The number of hydrogen-bond acceptors (Lipinski definition) is 3. The molecule has 3 nitrogen and oxygen atoms in total. The van der Waals surface area contributed by atoms with Gasteiger partial charge in [-0.05, 0) is 34.5 Å². The highest BCUT2D eigenvalue weighted by molar-refractivity contribution is 9.10. The Hall–Kier alpha value is -0.450. The lowest BCUT2D eigenvalue weighted by Crippen LogP contribution is -2.37. The first-order chi connectivity index (χ1) is 6.06. The topological polar surface area (TPSA) is 48.1 Å². The minimum atomic E-state index is -0.470. The van der Waals surface area contributed by atoms with Gasteiger partial charge in [0.15, 0.2) is 0 Å². The van der Waals surface area contributed by atoms with Gasteiger partial charge in [0.25, 0.3) is 0 Å². The summed E-state index contributed by atoms with van der Waals surface area (Å²) in [6.45, 7) is 2.40. The van der Waals surface area contributed by atoms with E-state index in [1.54, 1.807) is 13.3 Å². The van der Waals surface area contributed by atoms with Crippen molar-refractivity contribution in [2.45, 2.75) is 12.5 Å². The summed E-state index contributed by atoms with van der Waals surface area (Å²) in [6, 6.07) is 3.81. The Kier molecular flexibility index (Phi) is 3.41. The molecule has 0 radical (unpaired) electrons. The summed E-state index contributed by atoms with van der Waals surface area (Å²) < 4.78 is 5.84. The van der Waals surface area contributed by atoms with Gasteiger partial charge in [-0.25, -0.2) is 4.98 Å². The van der Waals surface area contributed by atoms with Crippen molar-refractivity contribution in [1.29, 1.82) is 0 Å². The second-order valence-corrected chi connectivity index (χ2v) is 4.03. The Morgan fingerprint density at radius 2 is 2.31 bits per heavy atom. The summed E-state index contributed by atoms with van der Waals surface area (Å²) in [5, 5.41) is 0. The Morgan fingerprint density at radius 1 is 1.62 bits per heavy atom. The molecule has 0 aliphatic heterocycles. The van der Waals surface area contributed by atoms with E-state index in [1.165, 1.54) is 0 Å². The summed E-state index contributed by atoms with van der Waals surface area (Å²) in [5.41, 5.74) is 6.52. The molecule has 0 saturated heterocycles. The van der Waals surface area contributed by atoms with Crippen LogP contribution < -0.4 is 5.73 Å². The van der Waals surface area contributed by atoms with E-state index in [0.29, 0.717) is 6.61 Å². The number of halogens is 1. The van der Waals surface area contributed by atoms with Crippen molar-refractivity contribution in [3.05, 3.63) is 28.5 Å². The van der Waals surface area contributed by atoms with E-state index in [0.717, 1.165) is 10.2 Å². The molecule has 1 unspecified atom stereocenters. The quantitative estimate of drug-likeness (QED) is 0.824. The van der Waals surface area contributed by atoms with Crippen molar-refractivity contribution in [2.24, 2.45) is 5.73 Å². The number of nitrogens with zero attached hydrogens (tertiary/aromatic N) is 1. The van der Waals surface area contributed by atoms with Gasteiger partial charge in [-0.3, -0.25) is 0 Å². The first kappa shape index (κ1) is 10.6. The third-order valence-electron chi connectivity index (χ3n) is 1.83. The molecule has 13 heavy (non-hydrogen) atoms. The summed E-state index contributed by atoms with van der Waals surface area (Å²) in [6.07, 6.45) is 1.75. The molecule has 1 atom stereocenters. The van der Waals surface area contributed by atoms with Gasteiger partial charge in [0.2, 0.25) is 0 Å². The molecule has 0 spiro atoms. The molecule has 0 fully saturated rings. The van der Waals surface area contributed by atoms with Crippen molar-refractivity contribution in [1.82, 2.24) is 4.98 Å². The standard InChI is InChI=1S/C9H13BrN2O/c1-9(11,6-13-2)7-3-4-8(10)12-5-7/h3-5H,6,11H2,1-2H3. The predicted molar refractivity (Wildman–Crippen MR) is 55.4 cm³/mol. The van der Waals surface area contributed by atoms with Gasteiger partial charge in [-0.2, -0.15) is 0 Å². The number of hydrogen-bond donors (Lipinski definition) is 1. The van der Waals surface area contributed by atoms with Gasteiger partial charge < -0.3 is 10.5 Å². The summed E-state index contributed by atoms with van der Waals surface area (Å²) in [4.78, 5) is 4.11. The van der Waals surface area contributed by atoms with Gasteiger partial charge in [-0.15, -0.1) is 0 Å². The summed E-state index contributed by atoms with van der Waals surface area (Å²) >= 11 is 3.27. The minimum Gasteiger partial charge on any atom is -0.382 e. The fourth-order valence-electron chi connectivity index (χ4n) is 1.10. The summed E-state index contributed by atoms with van der Waals surface area (Å²) in [5.74, 6) is 0. The smallest absolute Gasteiger partial charge is 0.106 e. The van der Waals surface area contributed by atoms with E-state index in [-0.39, 0.29) is 0 Å². The lowest BCUT2D eigenvalue weighted by atomic mass is 9.96. The van der Waals surface area contributed by atoms with Crippen molar-refractivity contribution < 1.29 is 4.74 Å². The number of ether oxygens (including phenoxy) is 1. The van der Waals surface area contributed by atoms with E-state index < -0.39 is 5.54 Å². The molecular weight excluding hydrogens is 232 g/mol. The number of aromatic nitrogens is 1. The van der Waals surface area contributed by atoms with Crippen molar-refractivity contribution >= 4 is 15.9 Å². The Morgan fingerprint density at radius 3 is 2.77 bits per heavy atom. The number of rotatable bonds is 3. The third-order valence-corrected chi connectivity index (χ3v) is 2.30. The van der Waals surface area contributed by atoms with E-state index in [1.807, 2.05) is 19.1 Å². The van der Waals surface area contributed by atoms with E-state index >= 15 is 0 Å². The molecule has 72 valence electrons. The Bertz CT molecular complexity index is 271. The third kappa shape index (κ3) is 2.76. The predicted octanol–water partition coefficient (Wildman–Crippen LogP) is 1.66. The molecule has 0 saturated carbocycles. The molecule has 0 amide bonds. The van der Waals surface area contributed by atoms with Gasteiger partial charge in [0.05, 0.1) is 12.1 Å². The average molecular weight is 245 g/mol. The highest BCUT2D eigenvalue weighted by Crippen LogP contribution is 2.18. The molecule has 0 aromatic carbocycles. The van der Waals surface area contributed by atoms with Gasteiger partial charge >= 0.3 is 0 Å². The first-order valence-corrected chi connectivity index (χ1v) is 4.75. The fraction of sp³-hybridized carbons (Fsp3) is 0.444. The normalized spacial score (nSPS) is 15.4. The van der Waals surface area contributed by atoms with Crippen LogP contribution in [0.15, 0.2) is 22.9 Å². The highest BCUT2D eigenvalue weighted by atomic mass is 79.9. The van der Waals surface area contributed by atoms with Crippen LogP contribution >= 0.6 is 15.9 Å². The highest BCUT2D eigenvalue weighted by Gasteiger charge is 2.20. The van der Waals surface area contributed by atoms with Gasteiger partial charge in [-0.1, -0.05) is 6.07 Å². The zero-order valence-electron chi connectivity index (χ0n) is 7.75. The van der Waals surface area contributed by atoms with Crippen LogP contribution in [0.1, 0.15) is 12.5 Å². The molecular formula is C9H13BrN2O. The maximum absolute atomic E-state index is 6.02. The second kappa shape index (κ2) is 4.17. The van der Waals surface area contributed by atoms with Crippen LogP contribution in [0, 0.1) is 0 Å². The van der Waals surface area contributed by atoms with Crippen LogP contribution in [-0.4, -0.2) is 18.7 Å². The van der Waals surface area contributed by atoms with E-state index in [9.17, 15) is 0 Å². The lowest BCUT2D eigenvalue weighted by molar-refractivity contribution is 0.141. The molecule has 2 N–H and O–H groups in total. The van der Waals surface area contributed by atoms with Crippen molar-refractivity contribution in [3.63, 3.8) is 0 Å². The largest absolute Gasteiger partial charge is 0.382 e. The van der Waals surface area contributed by atoms with Crippen LogP contribution in [0.5, 0.6) is 0 Å². The fourth-order valence-corrected chi connectivity index (χ4v) is 1.33. The van der Waals surface area contributed by atoms with Crippen LogP contribution in [0.3, 0.4) is 0 Å². The van der Waals surface area contributed by atoms with Crippen LogP contribution in [0.4, 0.5) is 0 Å². The SMILES string of the molecule is COCC(C)(N)c1ccc(Br)nc1. The molecule has 1 aromatic rings. The van der Waals surface area contributed by atoms with Crippen LogP contribution in [-0.2, 0) is 10.3 Å². The maximum Gasteiger partial charge on any atom is 0.106 e. The molecule has 1 heterocycles. The molecule has 1 aromatic heterocycles.